The van der Waals surface area contributed by atoms with Gasteiger partial charge in [-0.25, -0.2) is 4.98 Å². The quantitative estimate of drug-likeness (QED) is 0.919. The fraction of sp³-hybridized carbons (Fsp3) is 0.357. The summed E-state index contributed by atoms with van der Waals surface area (Å²) >= 11 is 12.0. The Kier molecular flexibility index (Phi) is 4.16. The fourth-order valence-electron chi connectivity index (χ4n) is 1.69. The second-order valence-electron chi connectivity index (χ2n) is 5.60. The number of aromatic nitrogens is 3. The van der Waals surface area contributed by atoms with Gasteiger partial charge >= 0.3 is 0 Å². The summed E-state index contributed by atoms with van der Waals surface area (Å²) in [6.07, 6.45) is 0.492. The van der Waals surface area contributed by atoms with E-state index in [4.69, 9.17) is 28.9 Å². The molecule has 20 heavy (non-hydrogen) atoms. The van der Waals surface area contributed by atoms with Gasteiger partial charge in [0, 0.05) is 21.9 Å². The molecule has 2 N–H and O–H groups in total. The van der Waals surface area contributed by atoms with E-state index in [0.29, 0.717) is 28.1 Å². The maximum absolute atomic E-state index is 6.16. The van der Waals surface area contributed by atoms with E-state index >= 15 is 0 Å². The lowest BCUT2D eigenvalue weighted by Gasteiger charge is -2.17. The molecular formula is C14H16Cl2N4. The standard InChI is InChI=1S/C14H16Cl2N4/c1-14(2,3)12-18-11(19-13(17)20-12)6-8-4-5-9(15)7-10(8)16/h4-5,7H,6H2,1-3H3,(H2,17,18,19,20). The molecule has 106 valence electrons. The molecule has 0 radical (unpaired) electrons. The summed E-state index contributed by atoms with van der Waals surface area (Å²) in [5.41, 5.74) is 6.47. The highest BCUT2D eigenvalue weighted by atomic mass is 35.5. The van der Waals surface area contributed by atoms with Crippen molar-refractivity contribution in [1.29, 1.82) is 0 Å². The van der Waals surface area contributed by atoms with Crippen LogP contribution >= 0.6 is 23.2 Å². The number of benzene rings is 1. The molecule has 1 aromatic carbocycles. The van der Waals surface area contributed by atoms with Gasteiger partial charge in [-0.2, -0.15) is 9.97 Å². The normalized spacial score (nSPS) is 11.7. The van der Waals surface area contributed by atoms with E-state index in [2.05, 4.69) is 15.0 Å². The largest absolute Gasteiger partial charge is 0.368 e. The first-order valence-electron chi connectivity index (χ1n) is 6.20. The van der Waals surface area contributed by atoms with Gasteiger partial charge < -0.3 is 5.73 Å². The molecule has 2 aromatic rings. The van der Waals surface area contributed by atoms with E-state index in [1.807, 2.05) is 26.8 Å². The first-order valence-corrected chi connectivity index (χ1v) is 6.96. The minimum absolute atomic E-state index is 0.185. The molecule has 0 atom stereocenters. The van der Waals surface area contributed by atoms with Crippen molar-refractivity contribution in [1.82, 2.24) is 15.0 Å². The van der Waals surface area contributed by atoms with Crippen LogP contribution in [0.4, 0.5) is 5.95 Å². The molecule has 0 bridgehead atoms. The molecule has 1 aromatic heterocycles. The Morgan fingerprint density at radius 3 is 2.40 bits per heavy atom. The Morgan fingerprint density at radius 2 is 1.80 bits per heavy atom. The predicted octanol–water partition coefficient (Wildman–Crippen LogP) is 3.65. The molecule has 0 saturated carbocycles. The summed E-state index contributed by atoms with van der Waals surface area (Å²) in [5.74, 6) is 1.50. The molecule has 0 aliphatic carbocycles. The van der Waals surface area contributed by atoms with Crippen LogP contribution in [0.2, 0.25) is 10.0 Å². The Balaban J connectivity index is 2.36. The van der Waals surface area contributed by atoms with Crippen LogP contribution in [-0.2, 0) is 11.8 Å². The lowest BCUT2D eigenvalue weighted by atomic mass is 9.96. The number of nitrogen functional groups attached to an aromatic ring is 1. The molecule has 4 nitrogen and oxygen atoms in total. The van der Waals surface area contributed by atoms with Gasteiger partial charge in [0.05, 0.1) is 0 Å². The Hall–Kier alpha value is -1.39. The number of rotatable bonds is 2. The fourth-order valence-corrected chi connectivity index (χ4v) is 2.16. The third kappa shape index (κ3) is 3.58. The van der Waals surface area contributed by atoms with Crippen molar-refractivity contribution in [3.8, 4) is 0 Å². The third-order valence-corrected chi connectivity index (χ3v) is 3.32. The maximum Gasteiger partial charge on any atom is 0.223 e. The molecule has 2 rings (SSSR count). The first-order chi connectivity index (χ1) is 9.25. The van der Waals surface area contributed by atoms with Gasteiger partial charge in [0.15, 0.2) is 0 Å². The molecular weight excluding hydrogens is 295 g/mol. The highest BCUT2D eigenvalue weighted by Crippen LogP contribution is 2.24. The summed E-state index contributed by atoms with van der Waals surface area (Å²) in [6, 6.07) is 5.35. The average Bonchev–Trinajstić information content (AvgIpc) is 2.31. The Morgan fingerprint density at radius 1 is 1.10 bits per heavy atom. The van der Waals surface area contributed by atoms with Gasteiger partial charge in [-0.15, -0.1) is 0 Å². The van der Waals surface area contributed by atoms with Crippen molar-refractivity contribution < 1.29 is 0 Å². The van der Waals surface area contributed by atoms with Crippen LogP contribution in [0.25, 0.3) is 0 Å². The van der Waals surface area contributed by atoms with E-state index in [9.17, 15) is 0 Å². The van der Waals surface area contributed by atoms with Gasteiger partial charge in [0.25, 0.3) is 0 Å². The van der Waals surface area contributed by atoms with Gasteiger partial charge in [0.1, 0.15) is 11.6 Å². The number of hydrogen-bond acceptors (Lipinski definition) is 4. The summed E-state index contributed by atoms with van der Waals surface area (Å²) in [7, 11) is 0. The van der Waals surface area contributed by atoms with Crippen molar-refractivity contribution in [2.75, 3.05) is 5.73 Å². The van der Waals surface area contributed by atoms with Crippen LogP contribution in [0.15, 0.2) is 18.2 Å². The molecule has 0 aliphatic rings. The van der Waals surface area contributed by atoms with Gasteiger partial charge in [0.2, 0.25) is 5.95 Å². The highest BCUT2D eigenvalue weighted by Gasteiger charge is 2.19. The maximum atomic E-state index is 6.16. The first kappa shape index (κ1) is 15.0. The van der Waals surface area contributed by atoms with Crippen molar-refractivity contribution in [3.05, 3.63) is 45.5 Å². The topological polar surface area (TPSA) is 64.7 Å². The second-order valence-corrected chi connectivity index (χ2v) is 6.44. The van der Waals surface area contributed by atoms with Crippen molar-refractivity contribution >= 4 is 29.2 Å². The van der Waals surface area contributed by atoms with Crippen molar-refractivity contribution in [2.45, 2.75) is 32.6 Å². The highest BCUT2D eigenvalue weighted by molar-refractivity contribution is 6.35. The molecule has 0 amide bonds. The number of hydrogen-bond donors (Lipinski definition) is 1. The third-order valence-electron chi connectivity index (χ3n) is 2.73. The van der Waals surface area contributed by atoms with Crippen LogP contribution in [0.3, 0.4) is 0 Å². The van der Waals surface area contributed by atoms with Crippen LogP contribution in [-0.4, -0.2) is 15.0 Å². The summed E-state index contributed by atoms with van der Waals surface area (Å²) in [5, 5.41) is 1.19. The number of anilines is 1. The summed E-state index contributed by atoms with van der Waals surface area (Å²) in [6.45, 7) is 6.09. The zero-order valence-electron chi connectivity index (χ0n) is 11.6. The smallest absolute Gasteiger partial charge is 0.223 e. The molecule has 0 fully saturated rings. The number of nitrogens with zero attached hydrogens (tertiary/aromatic N) is 3. The van der Waals surface area contributed by atoms with E-state index in [0.717, 1.165) is 5.56 Å². The van der Waals surface area contributed by atoms with Crippen LogP contribution in [0.5, 0.6) is 0 Å². The lowest BCUT2D eigenvalue weighted by Crippen LogP contribution is -2.19. The predicted molar refractivity (Wildman–Crippen MR) is 82.2 cm³/mol. The van der Waals surface area contributed by atoms with E-state index in [1.54, 1.807) is 12.1 Å². The van der Waals surface area contributed by atoms with Crippen molar-refractivity contribution in [3.63, 3.8) is 0 Å². The minimum atomic E-state index is -0.185. The monoisotopic (exact) mass is 310 g/mol. The van der Waals surface area contributed by atoms with E-state index in [1.165, 1.54) is 0 Å². The van der Waals surface area contributed by atoms with Crippen LogP contribution in [0, 0.1) is 0 Å². The molecule has 1 heterocycles. The lowest BCUT2D eigenvalue weighted by molar-refractivity contribution is 0.538. The molecule has 0 saturated heterocycles. The number of nitrogens with two attached hydrogens (primary N) is 1. The van der Waals surface area contributed by atoms with Crippen LogP contribution < -0.4 is 5.73 Å². The number of halogens is 2. The molecule has 0 aliphatic heterocycles. The zero-order chi connectivity index (χ0) is 14.9. The van der Waals surface area contributed by atoms with Crippen LogP contribution in [0.1, 0.15) is 38.0 Å². The summed E-state index contributed by atoms with van der Waals surface area (Å²) < 4.78 is 0. The molecule has 0 spiro atoms. The minimum Gasteiger partial charge on any atom is -0.368 e. The van der Waals surface area contributed by atoms with Gasteiger partial charge in [-0.1, -0.05) is 50.0 Å². The Labute approximate surface area is 128 Å². The Bertz CT molecular complexity index is 636. The average molecular weight is 311 g/mol. The summed E-state index contributed by atoms with van der Waals surface area (Å²) in [4.78, 5) is 12.8. The van der Waals surface area contributed by atoms with Crippen molar-refractivity contribution in [2.24, 2.45) is 0 Å². The molecule has 6 heteroatoms. The zero-order valence-corrected chi connectivity index (χ0v) is 13.1. The van der Waals surface area contributed by atoms with E-state index in [-0.39, 0.29) is 11.4 Å². The SMILES string of the molecule is CC(C)(C)c1nc(N)nc(Cc2ccc(Cl)cc2Cl)n1. The van der Waals surface area contributed by atoms with Gasteiger partial charge in [-0.3, -0.25) is 0 Å². The van der Waals surface area contributed by atoms with E-state index < -0.39 is 0 Å². The second kappa shape index (κ2) is 5.54. The van der Waals surface area contributed by atoms with Gasteiger partial charge in [-0.05, 0) is 17.7 Å². The molecule has 0 unspecified atom stereocenters.